The van der Waals surface area contributed by atoms with E-state index in [9.17, 15) is 9.59 Å². The van der Waals surface area contributed by atoms with Crippen LogP contribution >= 0.6 is 0 Å². The van der Waals surface area contributed by atoms with Gasteiger partial charge in [0.1, 0.15) is 0 Å². The Morgan fingerprint density at radius 3 is 2.45 bits per heavy atom. The Kier molecular flexibility index (Phi) is 3.77. The molecule has 0 aliphatic carbocycles. The maximum absolute atomic E-state index is 10.6. The minimum Gasteiger partial charge on any atom is -0.457 e. The molecule has 0 aliphatic heterocycles. The Bertz CT molecular complexity index is 228. The molecule has 0 heterocycles. The lowest BCUT2D eigenvalue weighted by molar-refractivity contribution is -0.141. The van der Waals surface area contributed by atoms with Gasteiger partial charge in [-0.25, -0.2) is 4.79 Å². The van der Waals surface area contributed by atoms with E-state index in [1.807, 2.05) is 0 Å². The van der Waals surface area contributed by atoms with Crippen molar-refractivity contribution in [2.75, 3.05) is 6.61 Å². The topological polar surface area (TPSA) is 79.8 Å². The number of hydrogen-bond donors (Lipinski definition) is 0. The molecule has 0 aromatic rings. The summed E-state index contributed by atoms with van der Waals surface area (Å²) < 4.78 is 4.29. The van der Waals surface area contributed by atoms with Crippen molar-refractivity contribution >= 4 is 17.5 Å². The molecule has 0 rings (SSSR count). The van der Waals surface area contributed by atoms with Gasteiger partial charge in [-0.05, 0) is 6.92 Å². The molecule has 0 aromatic carbocycles. The summed E-state index contributed by atoms with van der Waals surface area (Å²) in [5.41, 5.74) is 7.52. The van der Waals surface area contributed by atoms with E-state index < -0.39 is 17.5 Å². The summed E-state index contributed by atoms with van der Waals surface area (Å²) in [5, 5.41) is 0. The summed E-state index contributed by atoms with van der Waals surface area (Å²) in [6.07, 6.45) is 0. The monoisotopic (exact) mass is 155 g/mol. The fourth-order valence-electron chi connectivity index (χ4n) is 0.416. The molecule has 0 amide bonds. The normalized spacial score (nSPS) is 8.18. The summed E-state index contributed by atoms with van der Waals surface area (Å²) in [4.78, 5) is 23.6. The molecule has 5 heteroatoms. The highest BCUT2D eigenvalue weighted by molar-refractivity contribution is 6.61. The third kappa shape index (κ3) is 2.73. The molecule has 11 heavy (non-hydrogen) atoms. The molecule has 0 fully saturated rings. The van der Waals surface area contributed by atoms with Gasteiger partial charge in [-0.3, -0.25) is 4.79 Å². The van der Waals surface area contributed by atoms with Gasteiger partial charge in [0.2, 0.25) is 5.78 Å². The van der Waals surface area contributed by atoms with Crippen LogP contribution in [0.2, 0.25) is 0 Å². The molecular weight excluding hydrogens is 148 g/mol. The van der Waals surface area contributed by atoms with Crippen LogP contribution < -0.4 is 0 Å². The van der Waals surface area contributed by atoms with Crippen LogP contribution in [-0.2, 0) is 14.3 Å². The number of nitrogens with zero attached hydrogens (tertiary/aromatic N) is 2. The van der Waals surface area contributed by atoms with E-state index >= 15 is 0 Å². The van der Waals surface area contributed by atoms with E-state index in [0.717, 1.165) is 6.92 Å². The van der Waals surface area contributed by atoms with Gasteiger partial charge in [0.05, 0.1) is 6.61 Å². The van der Waals surface area contributed by atoms with Crippen molar-refractivity contribution in [1.29, 1.82) is 0 Å². The van der Waals surface area contributed by atoms with Crippen LogP contribution in [0.4, 0.5) is 0 Å². The van der Waals surface area contributed by atoms with Crippen molar-refractivity contribution in [1.82, 2.24) is 0 Å². The van der Waals surface area contributed by atoms with Gasteiger partial charge in [-0.1, -0.05) is 0 Å². The molecule has 0 saturated carbocycles. The highest BCUT2D eigenvalue weighted by Crippen LogP contribution is 1.82. The fourth-order valence-corrected chi connectivity index (χ4v) is 0.416. The van der Waals surface area contributed by atoms with Gasteiger partial charge in [0, 0.05) is 6.92 Å². The number of ketones is 1. The Hall–Kier alpha value is -1.48. The summed E-state index contributed by atoms with van der Waals surface area (Å²) in [6, 6.07) is 0. The average Bonchev–Trinajstić information content (AvgIpc) is 1.88. The summed E-state index contributed by atoms with van der Waals surface area (Å²) >= 11 is 0. The first-order chi connectivity index (χ1) is 5.13. The summed E-state index contributed by atoms with van der Waals surface area (Å²) in [6.45, 7) is 4.20. The van der Waals surface area contributed by atoms with Crippen molar-refractivity contribution in [3.05, 3.63) is 12.5 Å². The first-order valence-electron chi connectivity index (χ1n) is 2.82. The second kappa shape index (κ2) is 4.35. The lowest BCUT2D eigenvalue weighted by atomic mass is 10.3. The molecular formula is C6H7N2O3. The standard InChI is InChI=1S/C6H7N2O3/c1-3-11-6(10)5(8-7)4(2)9/h1,3H2,2H3. The molecule has 0 aliphatic rings. The number of carbonyl (C=O) groups excluding carboxylic acids is 2. The third-order valence-corrected chi connectivity index (χ3v) is 0.860. The fraction of sp³-hybridized carbons (Fsp3) is 0.333. The number of hydrogen-bond acceptors (Lipinski definition) is 3. The maximum Gasteiger partial charge on any atom is 0.441 e. The van der Waals surface area contributed by atoms with Crippen LogP contribution in [0.5, 0.6) is 0 Å². The van der Waals surface area contributed by atoms with E-state index in [1.54, 1.807) is 0 Å². The predicted octanol–water partition coefficient (Wildman–Crippen LogP) is -0.377. The smallest absolute Gasteiger partial charge is 0.441 e. The van der Waals surface area contributed by atoms with Crippen LogP contribution in [0.15, 0.2) is 0 Å². The first kappa shape index (κ1) is 9.52. The third-order valence-electron chi connectivity index (χ3n) is 0.860. The van der Waals surface area contributed by atoms with Crippen molar-refractivity contribution in [3.8, 4) is 0 Å². The van der Waals surface area contributed by atoms with Crippen LogP contribution in [0.25, 0.3) is 5.53 Å². The Morgan fingerprint density at radius 1 is 1.64 bits per heavy atom. The zero-order valence-electron chi connectivity index (χ0n) is 6.03. The molecule has 0 bridgehead atoms. The maximum atomic E-state index is 10.6. The van der Waals surface area contributed by atoms with Crippen molar-refractivity contribution in [2.24, 2.45) is 0 Å². The van der Waals surface area contributed by atoms with Gasteiger partial charge in [0.15, 0.2) is 0 Å². The van der Waals surface area contributed by atoms with Gasteiger partial charge < -0.3 is 10.3 Å². The Balaban J connectivity index is 4.42. The lowest BCUT2D eigenvalue weighted by Crippen LogP contribution is -2.25. The number of carbonyl (C=O) groups is 2. The SMILES string of the molecule is [CH2]COC(=O)C(=[N+]=[N-])C(C)=O. The first-order valence-corrected chi connectivity index (χ1v) is 2.82. The summed E-state index contributed by atoms with van der Waals surface area (Å²) in [5.74, 6) is -1.61. The zero-order chi connectivity index (χ0) is 8.85. The van der Waals surface area contributed by atoms with E-state index in [2.05, 4.69) is 16.5 Å². The largest absolute Gasteiger partial charge is 0.457 e. The average molecular weight is 155 g/mol. The molecule has 0 unspecified atom stereocenters. The number of rotatable bonds is 3. The van der Waals surface area contributed by atoms with E-state index in [1.165, 1.54) is 0 Å². The molecule has 0 atom stereocenters. The molecule has 0 aromatic heterocycles. The van der Waals surface area contributed by atoms with Crippen LogP contribution in [0, 0.1) is 6.92 Å². The second-order valence-corrected chi connectivity index (χ2v) is 1.64. The molecule has 1 radical (unpaired) electrons. The highest BCUT2D eigenvalue weighted by Gasteiger charge is 2.26. The molecule has 0 saturated heterocycles. The minimum absolute atomic E-state index is 0.106. The van der Waals surface area contributed by atoms with Crippen LogP contribution in [0.3, 0.4) is 0 Å². The summed E-state index contributed by atoms with van der Waals surface area (Å²) in [7, 11) is 0. The number of Topliss-reactive ketones (excluding diaryl/α,β-unsaturated/α-hetero) is 1. The Labute approximate surface area is 63.6 Å². The van der Waals surface area contributed by atoms with Crippen molar-refractivity contribution in [2.45, 2.75) is 6.92 Å². The molecule has 59 valence electrons. The number of ether oxygens (including phenoxy) is 1. The zero-order valence-corrected chi connectivity index (χ0v) is 6.03. The number of esters is 1. The van der Waals surface area contributed by atoms with Gasteiger partial charge in [-0.2, -0.15) is 4.79 Å². The quantitative estimate of drug-likeness (QED) is 0.183. The van der Waals surface area contributed by atoms with Crippen molar-refractivity contribution in [3.63, 3.8) is 0 Å². The second-order valence-electron chi connectivity index (χ2n) is 1.64. The molecule has 0 N–H and O–H groups in total. The van der Waals surface area contributed by atoms with E-state index in [4.69, 9.17) is 5.53 Å². The van der Waals surface area contributed by atoms with Gasteiger partial charge in [0.25, 0.3) is 0 Å². The molecule has 5 nitrogen and oxygen atoms in total. The minimum atomic E-state index is -0.963. The predicted molar refractivity (Wildman–Crippen MR) is 35.6 cm³/mol. The van der Waals surface area contributed by atoms with E-state index in [-0.39, 0.29) is 6.61 Å². The van der Waals surface area contributed by atoms with Crippen molar-refractivity contribution < 1.29 is 19.1 Å². The highest BCUT2D eigenvalue weighted by atomic mass is 16.5. The van der Waals surface area contributed by atoms with E-state index in [0.29, 0.717) is 0 Å². The Morgan fingerprint density at radius 2 is 2.18 bits per heavy atom. The van der Waals surface area contributed by atoms with Gasteiger partial charge in [-0.15, -0.1) is 0 Å². The van der Waals surface area contributed by atoms with Crippen LogP contribution in [-0.4, -0.2) is 28.9 Å². The lowest BCUT2D eigenvalue weighted by Gasteiger charge is -1.92. The van der Waals surface area contributed by atoms with Crippen LogP contribution in [0.1, 0.15) is 6.92 Å². The van der Waals surface area contributed by atoms with Gasteiger partial charge >= 0.3 is 11.7 Å². The molecule has 0 spiro atoms.